The number of allylic oxidation sites excluding steroid dienone is 6. The third-order valence-corrected chi connectivity index (χ3v) is 16.9. The Bertz CT molecular complexity index is 1300. The molecule has 0 spiro atoms. The molecule has 0 fully saturated rings. The molecule has 2 atom stereocenters. The van der Waals surface area contributed by atoms with Gasteiger partial charge in [0.2, 0.25) is 5.91 Å². The molecule has 3 N–H and O–H groups in total. The van der Waals surface area contributed by atoms with Crippen molar-refractivity contribution in [3.05, 3.63) is 36.5 Å². The maximum atomic E-state index is 12.5. The molecule has 0 saturated carbocycles. The van der Waals surface area contributed by atoms with Crippen molar-refractivity contribution in [3.63, 3.8) is 0 Å². The Labute approximate surface area is 500 Å². The minimum Gasteiger partial charge on any atom is -0.466 e. The summed E-state index contributed by atoms with van der Waals surface area (Å²) in [6.07, 6.45) is 89.1. The van der Waals surface area contributed by atoms with Crippen LogP contribution in [0.1, 0.15) is 399 Å². The summed E-state index contributed by atoms with van der Waals surface area (Å²) < 4.78 is 5.51. The second-order valence-corrected chi connectivity index (χ2v) is 24.9. The summed E-state index contributed by atoms with van der Waals surface area (Å²) in [6.45, 7) is 4.96. The van der Waals surface area contributed by atoms with Crippen LogP contribution in [0.25, 0.3) is 0 Å². The quantitative estimate of drug-likeness (QED) is 0.0320. The van der Waals surface area contributed by atoms with E-state index in [1.54, 1.807) is 0 Å². The van der Waals surface area contributed by atoms with Gasteiger partial charge in [0.1, 0.15) is 0 Å². The largest absolute Gasteiger partial charge is 0.466 e. The van der Waals surface area contributed by atoms with Gasteiger partial charge in [0.25, 0.3) is 0 Å². The standard InChI is InChI=1S/C74H141NO5/c1-3-5-7-9-11-13-15-17-19-20-32-36-40-44-48-52-56-60-64-68-74(79)80-69-65-61-57-53-49-45-41-37-34-31-29-27-25-23-21-22-24-26-28-30-33-35-39-43-47-51-55-59-63-67-73(78)75-71(70-76)72(77)66-62-58-54-50-46-42-38-18-16-14-12-10-8-6-4-2/h11,13,17,19,21,23,71-72,76-77H,3-10,12,14-16,18,20,22,24-70H2,1-2H3,(H,75,78)/b13-11-,19-17-,23-21-. The number of rotatable bonds is 68. The van der Waals surface area contributed by atoms with Gasteiger partial charge in [0.05, 0.1) is 25.4 Å². The highest BCUT2D eigenvalue weighted by atomic mass is 16.5. The highest BCUT2D eigenvalue weighted by Crippen LogP contribution is 2.19. The van der Waals surface area contributed by atoms with Gasteiger partial charge in [0, 0.05) is 12.8 Å². The first-order valence-corrected chi connectivity index (χ1v) is 36.2. The van der Waals surface area contributed by atoms with Crippen LogP contribution in [-0.2, 0) is 14.3 Å². The molecule has 2 unspecified atom stereocenters. The molecular formula is C74H141NO5. The Balaban J connectivity index is 3.35. The average Bonchev–Trinajstić information content (AvgIpc) is 3.46. The number of esters is 1. The maximum Gasteiger partial charge on any atom is 0.305 e. The zero-order valence-corrected chi connectivity index (χ0v) is 54.1. The molecule has 0 aliphatic rings. The minimum atomic E-state index is -0.664. The van der Waals surface area contributed by atoms with E-state index in [0.29, 0.717) is 25.9 Å². The third-order valence-electron chi connectivity index (χ3n) is 16.9. The molecule has 6 nitrogen and oxygen atoms in total. The molecule has 0 saturated heterocycles. The van der Waals surface area contributed by atoms with Crippen LogP contribution in [0.2, 0.25) is 0 Å². The summed E-state index contributed by atoms with van der Waals surface area (Å²) >= 11 is 0. The molecule has 0 aliphatic heterocycles. The molecule has 0 aliphatic carbocycles. The van der Waals surface area contributed by atoms with E-state index >= 15 is 0 Å². The molecule has 0 aromatic carbocycles. The molecular weight excluding hydrogens is 983 g/mol. The Morgan fingerprint density at radius 2 is 0.625 bits per heavy atom. The van der Waals surface area contributed by atoms with Crippen molar-refractivity contribution in [2.75, 3.05) is 13.2 Å². The smallest absolute Gasteiger partial charge is 0.305 e. The molecule has 0 aromatic rings. The molecule has 1 amide bonds. The van der Waals surface area contributed by atoms with Crippen LogP contribution < -0.4 is 5.32 Å². The first-order chi connectivity index (χ1) is 39.5. The van der Waals surface area contributed by atoms with Crippen molar-refractivity contribution in [1.82, 2.24) is 5.32 Å². The van der Waals surface area contributed by atoms with Gasteiger partial charge < -0.3 is 20.3 Å². The number of hydrogen-bond acceptors (Lipinski definition) is 5. The molecule has 472 valence electrons. The van der Waals surface area contributed by atoms with Gasteiger partial charge in [-0.1, -0.05) is 339 Å². The first kappa shape index (κ1) is 78.1. The van der Waals surface area contributed by atoms with E-state index < -0.39 is 12.1 Å². The molecule has 0 bridgehead atoms. The SMILES string of the molecule is CCCCC/C=C\C/C=C\CCCCCCCCCCCC(=O)OCCCCCCCCCCCCCC/C=C\CCCCCCCCCCCCCCCC(=O)NC(CO)C(O)CCCCCCCCCCCCCCCCC. The summed E-state index contributed by atoms with van der Waals surface area (Å²) in [7, 11) is 0. The number of aliphatic hydroxyl groups is 2. The zero-order valence-electron chi connectivity index (χ0n) is 54.1. The van der Waals surface area contributed by atoms with Crippen LogP contribution in [0, 0.1) is 0 Å². The van der Waals surface area contributed by atoms with Crippen LogP contribution in [0.3, 0.4) is 0 Å². The fraction of sp³-hybridized carbons (Fsp3) is 0.892. The highest BCUT2D eigenvalue weighted by Gasteiger charge is 2.20. The molecule has 0 rings (SSSR count). The van der Waals surface area contributed by atoms with Crippen molar-refractivity contribution in [2.24, 2.45) is 0 Å². The van der Waals surface area contributed by atoms with Crippen molar-refractivity contribution in [3.8, 4) is 0 Å². The summed E-state index contributed by atoms with van der Waals surface area (Å²) in [5.74, 6) is -0.0183. The summed E-state index contributed by atoms with van der Waals surface area (Å²) in [5, 5.41) is 23.3. The van der Waals surface area contributed by atoms with E-state index in [-0.39, 0.29) is 18.5 Å². The number of carbonyl (C=O) groups is 2. The Morgan fingerprint density at radius 3 is 0.988 bits per heavy atom. The number of amides is 1. The van der Waals surface area contributed by atoms with Crippen LogP contribution in [0.15, 0.2) is 36.5 Å². The van der Waals surface area contributed by atoms with E-state index in [2.05, 4.69) is 55.6 Å². The Hall–Kier alpha value is -1.92. The third kappa shape index (κ3) is 65.2. The molecule has 0 aromatic heterocycles. The highest BCUT2D eigenvalue weighted by molar-refractivity contribution is 5.76. The second kappa shape index (κ2) is 69.6. The van der Waals surface area contributed by atoms with Crippen molar-refractivity contribution < 1.29 is 24.5 Å². The van der Waals surface area contributed by atoms with Gasteiger partial charge >= 0.3 is 5.97 Å². The monoisotopic (exact) mass is 1120 g/mol. The van der Waals surface area contributed by atoms with Gasteiger partial charge in [-0.3, -0.25) is 9.59 Å². The molecule has 80 heavy (non-hydrogen) atoms. The van der Waals surface area contributed by atoms with Crippen molar-refractivity contribution in [1.29, 1.82) is 0 Å². The van der Waals surface area contributed by atoms with E-state index in [0.717, 1.165) is 51.4 Å². The van der Waals surface area contributed by atoms with Crippen molar-refractivity contribution >= 4 is 11.9 Å². The van der Waals surface area contributed by atoms with Gasteiger partial charge in [-0.25, -0.2) is 0 Å². The number of hydrogen-bond donors (Lipinski definition) is 3. The lowest BCUT2D eigenvalue weighted by atomic mass is 10.0. The van der Waals surface area contributed by atoms with E-state index in [1.807, 2.05) is 0 Å². The fourth-order valence-electron chi connectivity index (χ4n) is 11.4. The van der Waals surface area contributed by atoms with Crippen LogP contribution in [0.5, 0.6) is 0 Å². The van der Waals surface area contributed by atoms with Gasteiger partial charge in [0.15, 0.2) is 0 Å². The minimum absolute atomic E-state index is 0.0132. The van der Waals surface area contributed by atoms with E-state index in [9.17, 15) is 19.8 Å². The summed E-state index contributed by atoms with van der Waals surface area (Å²) in [4.78, 5) is 24.6. The van der Waals surface area contributed by atoms with Crippen LogP contribution >= 0.6 is 0 Å². The lowest BCUT2D eigenvalue weighted by molar-refractivity contribution is -0.143. The Morgan fingerprint density at radius 1 is 0.350 bits per heavy atom. The average molecular weight is 1120 g/mol. The van der Waals surface area contributed by atoms with Crippen LogP contribution in [-0.4, -0.2) is 47.4 Å². The molecule has 0 heterocycles. The maximum absolute atomic E-state index is 12.5. The number of ether oxygens (including phenoxy) is 1. The number of nitrogens with one attached hydrogen (secondary N) is 1. The van der Waals surface area contributed by atoms with Crippen molar-refractivity contribution in [2.45, 2.75) is 411 Å². The topological polar surface area (TPSA) is 95.9 Å². The number of carbonyl (C=O) groups excluding carboxylic acids is 2. The van der Waals surface area contributed by atoms with Crippen LogP contribution in [0.4, 0.5) is 0 Å². The van der Waals surface area contributed by atoms with E-state index in [1.165, 1.54) is 315 Å². The lowest BCUT2D eigenvalue weighted by Crippen LogP contribution is -2.45. The van der Waals surface area contributed by atoms with Gasteiger partial charge in [-0.05, 0) is 83.5 Å². The van der Waals surface area contributed by atoms with Gasteiger partial charge in [-0.15, -0.1) is 0 Å². The predicted molar refractivity (Wildman–Crippen MR) is 352 cm³/mol. The number of unbranched alkanes of at least 4 members (excludes halogenated alkanes) is 51. The number of aliphatic hydroxyl groups excluding tert-OH is 2. The van der Waals surface area contributed by atoms with E-state index in [4.69, 9.17) is 4.74 Å². The van der Waals surface area contributed by atoms with Gasteiger partial charge in [-0.2, -0.15) is 0 Å². The molecule has 6 heteroatoms. The predicted octanol–water partition coefficient (Wildman–Crippen LogP) is 23.5. The lowest BCUT2D eigenvalue weighted by Gasteiger charge is -2.22. The normalized spacial score (nSPS) is 12.7. The Kier molecular flexibility index (Phi) is 67.9. The zero-order chi connectivity index (χ0) is 57.8. The summed E-state index contributed by atoms with van der Waals surface area (Å²) in [6, 6.07) is -0.541. The summed E-state index contributed by atoms with van der Waals surface area (Å²) in [5.41, 5.74) is 0. The fourth-order valence-corrected chi connectivity index (χ4v) is 11.4. The second-order valence-electron chi connectivity index (χ2n) is 24.9. The first-order valence-electron chi connectivity index (χ1n) is 36.2. The molecule has 0 radical (unpaired) electrons.